The van der Waals surface area contributed by atoms with E-state index in [1.165, 1.54) is 25.1 Å². The van der Waals surface area contributed by atoms with Crippen LogP contribution >= 0.6 is 11.6 Å². The SMILES string of the molecule is CC(OC(=O)c1ccc(NC2CC2)c([N+](=O)[O-])c1)C(=O)Nc1ccc([N+](=O)[O-])cc1Cl. The van der Waals surface area contributed by atoms with Crippen molar-refractivity contribution in [2.45, 2.75) is 31.9 Å². The summed E-state index contributed by atoms with van der Waals surface area (Å²) >= 11 is 5.93. The van der Waals surface area contributed by atoms with Gasteiger partial charge >= 0.3 is 5.97 Å². The first-order valence-electron chi connectivity index (χ1n) is 9.16. The van der Waals surface area contributed by atoms with Gasteiger partial charge in [-0.1, -0.05) is 11.6 Å². The number of benzene rings is 2. The molecule has 1 atom stereocenters. The number of hydrogen-bond acceptors (Lipinski definition) is 8. The predicted octanol–water partition coefficient (Wildman–Crippen LogP) is 3.91. The number of nitro benzene ring substituents is 2. The van der Waals surface area contributed by atoms with Crippen molar-refractivity contribution in [1.29, 1.82) is 0 Å². The molecule has 2 aromatic carbocycles. The largest absolute Gasteiger partial charge is 0.449 e. The summed E-state index contributed by atoms with van der Waals surface area (Å²) in [7, 11) is 0. The fraction of sp³-hybridized carbons (Fsp3) is 0.263. The maximum Gasteiger partial charge on any atom is 0.339 e. The van der Waals surface area contributed by atoms with Crippen molar-refractivity contribution in [3.05, 3.63) is 67.2 Å². The Balaban J connectivity index is 1.67. The average Bonchev–Trinajstić information content (AvgIpc) is 3.53. The number of ether oxygens (including phenoxy) is 1. The molecule has 1 unspecified atom stereocenters. The number of carbonyl (C=O) groups excluding carboxylic acids is 2. The number of amides is 1. The third-order valence-corrected chi connectivity index (χ3v) is 4.75. The lowest BCUT2D eigenvalue weighted by molar-refractivity contribution is -0.384. The van der Waals surface area contributed by atoms with Crippen LogP contribution in [0.4, 0.5) is 22.7 Å². The van der Waals surface area contributed by atoms with Gasteiger partial charge in [-0.2, -0.15) is 0 Å². The van der Waals surface area contributed by atoms with Gasteiger partial charge in [0.05, 0.1) is 26.1 Å². The minimum Gasteiger partial charge on any atom is -0.449 e. The molecular formula is C19H17ClN4O7. The van der Waals surface area contributed by atoms with Crippen LogP contribution in [0.5, 0.6) is 0 Å². The Labute approximate surface area is 180 Å². The van der Waals surface area contributed by atoms with Crippen LogP contribution in [0.3, 0.4) is 0 Å². The van der Waals surface area contributed by atoms with Crippen LogP contribution in [-0.4, -0.2) is 33.9 Å². The van der Waals surface area contributed by atoms with Crippen molar-refractivity contribution in [3.63, 3.8) is 0 Å². The predicted molar refractivity (Wildman–Crippen MR) is 111 cm³/mol. The molecule has 1 amide bonds. The van der Waals surface area contributed by atoms with Crippen molar-refractivity contribution >= 4 is 46.2 Å². The summed E-state index contributed by atoms with van der Waals surface area (Å²) in [6, 6.07) is 7.56. The van der Waals surface area contributed by atoms with E-state index in [1.54, 1.807) is 0 Å². The van der Waals surface area contributed by atoms with E-state index in [2.05, 4.69) is 10.6 Å². The summed E-state index contributed by atoms with van der Waals surface area (Å²) in [5, 5.41) is 27.4. The number of esters is 1. The van der Waals surface area contributed by atoms with E-state index in [9.17, 15) is 29.8 Å². The lowest BCUT2D eigenvalue weighted by Crippen LogP contribution is -2.30. The number of rotatable bonds is 8. The number of halogens is 1. The van der Waals surface area contributed by atoms with Crippen molar-refractivity contribution < 1.29 is 24.2 Å². The summed E-state index contributed by atoms with van der Waals surface area (Å²) in [5.41, 5.74) is -0.185. The van der Waals surface area contributed by atoms with Gasteiger partial charge in [-0.25, -0.2) is 4.79 Å². The molecule has 0 spiro atoms. The van der Waals surface area contributed by atoms with Crippen LogP contribution in [0, 0.1) is 20.2 Å². The van der Waals surface area contributed by atoms with E-state index in [0.717, 1.165) is 31.0 Å². The summed E-state index contributed by atoms with van der Waals surface area (Å²) in [4.78, 5) is 45.5. The Kier molecular flexibility index (Phi) is 6.35. The quantitative estimate of drug-likeness (QED) is 0.350. The second-order valence-corrected chi connectivity index (χ2v) is 7.27. The van der Waals surface area contributed by atoms with Crippen molar-refractivity contribution in [3.8, 4) is 0 Å². The number of nitrogens with zero attached hydrogens (tertiary/aromatic N) is 2. The molecule has 0 bridgehead atoms. The van der Waals surface area contributed by atoms with Crippen LogP contribution in [0.2, 0.25) is 5.02 Å². The normalized spacial score (nSPS) is 13.7. The van der Waals surface area contributed by atoms with Crippen molar-refractivity contribution in [1.82, 2.24) is 0 Å². The van der Waals surface area contributed by atoms with Gasteiger partial charge in [-0.3, -0.25) is 25.0 Å². The van der Waals surface area contributed by atoms with E-state index in [-0.39, 0.29) is 33.7 Å². The number of non-ortho nitro benzene ring substituents is 1. The van der Waals surface area contributed by atoms with Crippen LogP contribution in [-0.2, 0) is 9.53 Å². The highest BCUT2D eigenvalue weighted by molar-refractivity contribution is 6.34. The Morgan fingerprint density at radius 2 is 1.77 bits per heavy atom. The Bertz CT molecular complexity index is 1070. The van der Waals surface area contributed by atoms with Crippen molar-refractivity contribution in [2.24, 2.45) is 0 Å². The van der Waals surface area contributed by atoms with Crippen LogP contribution in [0.25, 0.3) is 0 Å². The molecule has 1 aliphatic rings. The van der Waals surface area contributed by atoms with E-state index in [4.69, 9.17) is 16.3 Å². The summed E-state index contributed by atoms with van der Waals surface area (Å²) in [5.74, 6) is -1.65. The summed E-state index contributed by atoms with van der Waals surface area (Å²) in [6.45, 7) is 1.31. The first-order chi connectivity index (χ1) is 14.7. The molecule has 0 heterocycles. The van der Waals surface area contributed by atoms with Crippen LogP contribution in [0.15, 0.2) is 36.4 Å². The number of carbonyl (C=O) groups is 2. The van der Waals surface area contributed by atoms with Gasteiger partial charge in [0.1, 0.15) is 5.69 Å². The fourth-order valence-electron chi connectivity index (χ4n) is 2.61. The molecule has 0 aliphatic heterocycles. The highest BCUT2D eigenvalue weighted by Crippen LogP contribution is 2.32. The standard InChI is InChI=1S/C19H17ClN4O7/c1-10(18(25)22-15-7-5-13(23(27)28)9-14(15)20)31-19(26)11-2-6-16(21-12-3-4-12)17(8-11)24(29)30/h2,5-10,12,21H,3-4H2,1H3,(H,22,25). The molecule has 12 heteroatoms. The van der Waals surface area contributed by atoms with Crippen LogP contribution < -0.4 is 10.6 Å². The summed E-state index contributed by atoms with van der Waals surface area (Å²) in [6.07, 6.45) is 0.584. The van der Waals surface area contributed by atoms with E-state index in [0.29, 0.717) is 5.69 Å². The van der Waals surface area contributed by atoms with Crippen LogP contribution in [0.1, 0.15) is 30.1 Å². The molecule has 2 N–H and O–H groups in total. The monoisotopic (exact) mass is 448 g/mol. The Morgan fingerprint density at radius 1 is 1.10 bits per heavy atom. The maximum atomic E-state index is 12.4. The highest BCUT2D eigenvalue weighted by atomic mass is 35.5. The molecule has 1 aliphatic carbocycles. The lowest BCUT2D eigenvalue weighted by Gasteiger charge is -2.14. The van der Waals surface area contributed by atoms with E-state index < -0.39 is 27.8 Å². The molecule has 11 nitrogen and oxygen atoms in total. The molecular weight excluding hydrogens is 432 g/mol. The molecule has 1 fully saturated rings. The highest BCUT2D eigenvalue weighted by Gasteiger charge is 2.27. The molecule has 162 valence electrons. The number of anilines is 2. The van der Waals surface area contributed by atoms with Gasteiger partial charge < -0.3 is 15.4 Å². The summed E-state index contributed by atoms with van der Waals surface area (Å²) < 4.78 is 5.09. The topological polar surface area (TPSA) is 154 Å². The molecule has 2 aromatic rings. The van der Waals surface area contributed by atoms with Crippen molar-refractivity contribution in [2.75, 3.05) is 10.6 Å². The van der Waals surface area contributed by atoms with Gasteiger partial charge in [-0.05, 0) is 38.0 Å². The first kappa shape index (κ1) is 22.0. The Hall–Kier alpha value is -3.73. The van der Waals surface area contributed by atoms with E-state index >= 15 is 0 Å². The van der Waals surface area contributed by atoms with Gasteiger partial charge in [0, 0.05) is 24.2 Å². The third-order valence-electron chi connectivity index (χ3n) is 4.44. The van der Waals surface area contributed by atoms with Gasteiger partial charge in [0.2, 0.25) is 0 Å². The molecule has 31 heavy (non-hydrogen) atoms. The fourth-order valence-corrected chi connectivity index (χ4v) is 2.84. The second kappa shape index (κ2) is 8.96. The zero-order valence-corrected chi connectivity index (χ0v) is 16.9. The Morgan fingerprint density at radius 3 is 2.35 bits per heavy atom. The first-order valence-corrected chi connectivity index (χ1v) is 9.54. The molecule has 3 rings (SSSR count). The molecule has 0 radical (unpaired) electrons. The maximum absolute atomic E-state index is 12.4. The lowest BCUT2D eigenvalue weighted by atomic mass is 10.1. The molecule has 0 saturated heterocycles. The van der Waals surface area contributed by atoms with Gasteiger partial charge in [0.25, 0.3) is 17.3 Å². The van der Waals surface area contributed by atoms with E-state index in [1.807, 2.05) is 0 Å². The number of hydrogen-bond donors (Lipinski definition) is 2. The van der Waals surface area contributed by atoms with Gasteiger partial charge in [-0.15, -0.1) is 0 Å². The average molecular weight is 449 g/mol. The molecule has 1 saturated carbocycles. The number of nitrogens with one attached hydrogen (secondary N) is 2. The third kappa shape index (κ3) is 5.45. The smallest absolute Gasteiger partial charge is 0.339 e. The zero-order valence-electron chi connectivity index (χ0n) is 16.2. The zero-order chi connectivity index (χ0) is 22.7. The minimum atomic E-state index is -1.26. The second-order valence-electron chi connectivity index (χ2n) is 6.87. The molecule has 0 aromatic heterocycles. The number of nitro groups is 2. The van der Waals surface area contributed by atoms with Gasteiger partial charge in [0.15, 0.2) is 6.10 Å². The minimum absolute atomic E-state index is 0.0598.